The lowest BCUT2D eigenvalue weighted by Gasteiger charge is -2.17. The van der Waals surface area contributed by atoms with E-state index in [-0.39, 0.29) is 0 Å². The minimum Gasteiger partial charge on any atom is -0.496 e. The van der Waals surface area contributed by atoms with Crippen molar-refractivity contribution < 1.29 is 9.47 Å². The molecule has 0 atom stereocenters. The Morgan fingerprint density at radius 3 is 2.85 bits per heavy atom. The van der Waals surface area contributed by atoms with E-state index in [0.29, 0.717) is 32.0 Å². The van der Waals surface area contributed by atoms with E-state index in [2.05, 4.69) is 25.9 Å². The molecule has 144 valence electrons. The Balaban J connectivity index is 1.97. The highest BCUT2D eigenvalue weighted by Crippen LogP contribution is 2.31. The van der Waals surface area contributed by atoms with Crippen molar-refractivity contribution in [2.45, 2.75) is 26.8 Å². The van der Waals surface area contributed by atoms with Gasteiger partial charge in [-0.3, -0.25) is 4.98 Å². The van der Waals surface area contributed by atoms with Crippen LogP contribution in [-0.4, -0.2) is 42.8 Å². The van der Waals surface area contributed by atoms with Crippen LogP contribution in [0, 0.1) is 13.8 Å². The maximum atomic E-state index is 6.02. The summed E-state index contributed by atoms with van der Waals surface area (Å²) in [4.78, 5) is 9.18. The van der Waals surface area contributed by atoms with Crippen LogP contribution in [0.2, 0.25) is 0 Å². The van der Waals surface area contributed by atoms with Gasteiger partial charge in [0.1, 0.15) is 11.6 Å². The van der Waals surface area contributed by atoms with E-state index in [1.807, 2.05) is 32.3 Å². The van der Waals surface area contributed by atoms with E-state index in [9.17, 15) is 0 Å². The van der Waals surface area contributed by atoms with E-state index in [1.54, 1.807) is 14.2 Å². The van der Waals surface area contributed by atoms with Gasteiger partial charge in [0.2, 0.25) is 0 Å². The maximum absolute atomic E-state index is 6.02. The molecule has 1 aliphatic rings. The van der Waals surface area contributed by atoms with Crippen molar-refractivity contribution in [2.75, 3.05) is 27.4 Å². The first-order chi connectivity index (χ1) is 13.0. The molecule has 0 spiro atoms. The number of aliphatic imine (C=N–C) groups is 1. The monoisotopic (exact) mass is 369 g/mol. The highest BCUT2D eigenvalue weighted by atomic mass is 16.5. The van der Waals surface area contributed by atoms with E-state index < -0.39 is 0 Å². The Morgan fingerprint density at radius 1 is 1.30 bits per heavy atom. The molecule has 27 heavy (non-hydrogen) atoms. The third-order valence-corrected chi connectivity index (χ3v) is 4.67. The number of rotatable bonds is 7. The molecule has 0 saturated heterocycles. The number of ether oxygens (including phenoxy) is 2. The summed E-state index contributed by atoms with van der Waals surface area (Å²) >= 11 is 0. The number of amidine groups is 1. The molecule has 2 aromatic rings. The number of hydrogen-bond donors (Lipinski definition) is 2. The van der Waals surface area contributed by atoms with Crippen molar-refractivity contribution in [3.8, 4) is 5.75 Å². The smallest absolute Gasteiger partial charge is 0.128 e. The van der Waals surface area contributed by atoms with Crippen molar-refractivity contribution in [2.24, 2.45) is 10.7 Å². The summed E-state index contributed by atoms with van der Waals surface area (Å²) in [6.07, 6.45) is 6.56. The van der Waals surface area contributed by atoms with Crippen LogP contribution in [0.4, 0.5) is 5.69 Å². The van der Waals surface area contributed by atoms with Crippen LogP contribution in [0.1, 0.15) is 28.9 Å². The number of nitrogens with two attached hydrogens (primary N) is 1. The Morgan fingerprint density at radius 2 is 2.11 bits per heavy atom. The van der Waals surface area contributed by atoms with Gasteiger partial charge in [-0.2, -0.15) is 0 Å². The second-order valence-corrected chi connectivity index (χ2v) is 6.57. The van der Waals surface area contributed by atoms with Gasteiger partial charge in [0, 0.05) is 43.6 Å². The number of methoxy groups -OCH3 is 2. The lowest BCUT2D eigenvalue weighted by Crippen LogP contribution is -2.20. The SMILES string of the molecule is COCCNC1=CCC(N)=Nc2ccn(Cc3ncc(C)c(OC)c3C)c21. The predicted molar refractivity (Wildman–Crippen MR) is 108 cm³/mol. The van der Waals surface area contributed by atoms with E-state index in [1.165, 1.54) is 0 Å². The van der Waals surface area contributed by atoms with Crippen LogP contribution < -0.4 is 15.8 Å². The zero-order valence-electron chi connectivity index (χ0n) is 16.4. The zero-order chi connectivity index (χ0) is 19.4. The molecule has 0 aliphatic carbocycles. The number of fused-ring (bicyclic) bond motifs is 1. The molecule has 0 saturated carbocycles. The first-order valence-corrected chi connectivity index (χ1v) is 8.99. The molecule has 3 heterocycles. The minimum atomic E-state index is 0.601. The highest BCUT2D eigenvalue weighted by Gasteiger charge is 2.18. The molecule has 2 aromatic heterocycles. The lowest BCUT2D eigenvalue weighted by atomic mass is 10.1. The van der Waals surface area contributed by atoms with Gasteiger partial charge in [-0.1, -0.05) is 6.08 Å². The van der Waals surface area contributed by atoms with Crippen molar-refractivity contribution in [1.82, 2.24) is 14.9 Å². The summed E-state index contributed by atoms with van der Waals surface area (Å²) in [6, 6.07) is 1.99. The quantitative estimate of drug-likeness (QED) is 0.733. The highest BCUT2D eigenvalue weighted by molar-refractivity contribution is 5.90. The number of aryl methyl sites for hydroxylation is 1. The zero-order valence-corrected chi connectivity index (χ0v) is 16.4. The molecular formula is C20H27N5O2. The third kappa shape index (κ3) is 3.98. The summed E-state index contributed by atoms with van der Waals surface area (Å²) in [5, 5.41) is 3.44. The van der Waals surface area contributed by atoms with Crippen LogP contribution in [0.15, 0.2) is 29.5 Å². The van der Waals surface area contributed by atoms with Crippen LogP contribution in [-0.2, 0) is 11.3 Å². The topological polar surface area (TPSA) is 86.7 Å². The number of nitrogens with zero attached hydrogens (tertiary/aromatic N) is 3. The molecule has 7 nitrogen and oxygen atoms in total. The normalized spacial score (nSPS) is 13.5. The second kappa shape index (κ2) is 8.26. The van der Waals surface area contributed by atoms with Gasteiger partial charge in [-0.15, -0.1) is 0 Å². The first kappa shape index (κ1) is 19.0. The molecule has 3 N–H and O–H groups in total. The number of hydrogen-bond acceptors (Lipinski definition) is 6. The summed E-state index contributed by atoms with van der Waals surface area (Å²) in [5.41, 5.74) is 11.9. The summed E-state index contributed by atoms with van der Waals surface area (Å²) in [5.74, 6) is 1.48. The molecule has 0 fully saturated rings. The fraction of sp³-hybridized carbons (Fsp3) is 0.400. The van der Waals surface area contributed by atoms with E-state index in [0.717, 1.165) is 39.6 Å². The average molecular weight is 369 g/mol. The number of pyridine rings is 1. The minimum absolute atomic E-state index is 0.601. The van der Waals surface area contributed by atoms with E-state index >= 15 is 0 Å². The van der Waals surface area contributed by atoms with Gasteiger partial charge < -0.3 is 25.1 Å². The first-order valence-electron chi connectivity index (χ1n) is 8.99. The van der Waals surface area contributed by atoms with Gasteiger partial charge in [0.15, 0.2) is 0 Å². The number of nitrogens with one attached hydrogen (secondary N) is 1. The van der Waals surface area contributed by atoms with Gasteiger partial charge in [-0.25, -0.2) is 4.99 Å². The predicted octanol–water partition coefficient (Wildman–Crippen LogP) is 2.53. The molecule has 7 heteroatoms. The largest absolute Gasteiger partial charge is 0.496 e. The number of aromatic nitrogens is 2. The van der Waals surface area contributed by atoms with E-state index in [4.69, 9.17) is 15.2 Å². The molecule has 1 aliphatic heterocycles. The second-order valence-electron chi connectivity index (χ2n) is 6.57. The Bertz CT molecular complexity index is 883. The van der Waals surface area contributed by atoms with Crippen LogP contribution in [0.25, 0.3) is 5.70 Å². The molecule has 3 rings (SSSR count). The fourth-order valence-corrected chi connectivity index (χ4v) is 3.32. The van der Waals surface area contributed by atoms with Gasteiger partial charge in [0.05, 0.1) is 43.0 Å². The molecule has 0 bridgehead atoms. The van der Waals surface area contributed by atoms with Crippen LogP contribution in [0.3, 0.4) is 0 Å². The van der Waals surface area contributed by atoms with Gasteiger partial charge in [-0.05, 0) is 19.9 Å². The third-order valence-electron chi connectivity index (χ3n) is 4.67. The fourth-order valence-electron chi connectivity index (χ4n) is 3.32. The molecule has 0 unspecified atom stereocenters. The summed E-state index contributed by atoms with van der Waals surface area (Å²) in [6.45, 7) is 6.00. The van der Waals surface area contributed by atoms with Crippen LogP contribution >= 0.6 is 0 Å². The molecule has 0 radical (unpaired) electrons. The summed E-state index contributed by atoms with van der Waals surface area (Å²) < 4.78 is 12.8. The van der Waals surface area contributed by atoms with Gasteiger partial charge in [0.25, 0.3) is 0 Å². The molecule has 0 amide bonds. The Labute approximate surface area is 159 Å². The van der Waals surface area contributed by atoms with Gasteiger partial charge >= 0.3 is 0 Å². The van der Waals surface area contributed by atoms with Crippen molar-refractivity contribution in [1.29, 1.82) is 0 Å². The standard InChI is InChI=1S/C20H27N5O2/c1-13-11-23-17(14(2)20(13)27-4)12-25-9-7-16-19(25)15(22-8-10-26-3)5-6-18(21)24-16/h5,7,9,11,22H,6,8,10,12H2,1-4H3,(H2,21,24). The maximum Gasteiger partial charge on any atom is 0.128 e. The lowest BCUT2D eigenvalue weighted by molar-refractivity contribution is 0.203. The van der Waals surface area contributed by atoms with Crippen molar-refractivity contribution in [3.63, 3.8) is 0 Å². The van der Waals surface area contributed by atoms with Crippen molar-refractivity contribution >= 4 is 17.2 Å². The molecular weight excluding hydrogens is 342 g/mol. The Kier molecular flexibility index (Phi) is 5.81. The van der Waals surface area contributed by atoms with Crippen LogP contribution in [0.5, 0.6) is 5.75 Å². The van der Waals surface area contributed by atoms with Crippen molar-refractivity contribution in [3.05, 3.63) is 47.1 Å². The average Bonchev–Trinajstić information content (AvgIpc) is 2.95. The Hall–Kier alpha value is -2.80. The molecule has 0 aromatic carbocycles. The summed E-state index contributed by atoms with van der Waals surface area (Å²) in [7, 11) is 3.39.